The molecule has 27 heavy (non-hydrogen) atoms. The highest BCUT2D eigenvalue weighted by Crippen LogP contribution is 2.17. The van der Waals surface area contributed by atoms with Gasteiger partial charge in [0.25, 0.3) is 5.91 Å². The molecule has 0 aromatic heterocycles. The maximum Gasteiger partial charge on any atom is 0.260 e. The molecule has 0 N–H and O–H groups in total. The number of carbonyl (C=O) groups is 2. The Kier molecular flexibility index (Phi) is 5.88. The van der Waals surface area contributed by atoms with Crippen LogP contribution in [0.3, 0.4) is 0 Å². The van der Waals surface area contributed by atoms with Crippen molar-refractivity contribution in [3.63, 3.8) is 0 Å². The first-order chi connectivity index (χ1) is 13.0. The zero-order valence-electron chi connectivity index (χ0n) is 14.7. The van der Waals surface area contributed by atoms with Crippen molar-refractivity contribution < 1.29 is 22.7 Å². The van der Waals surface area contributed by atoms with E-state index in [1.807, 2.05) is 0 Å². The smallest absolute Gasteiger partial charge is 0.260 e. The maximum atomic E-state index is 12.6. The molecule has 142 valence electrons. The number of hydrogen-bond donors (Lipinski definition) is 0. The monoisotopic (exact) mass is 388 g/mol. The van der Waals surface area contributed by atoms with E-state index in [2.05, 4.69) is 0 Å². The van der Waals surface area contributed by atoms with Gasteiger partial charge in [-0.15, -0.1) is 0 Å². The van der Waals surface area contributed by atoms with Crippen LogP contribution in [0.2, 0.25) is 0 Å². The standard InChI is InChI=1S/C19H20N2O5S/c22-14-16-6-8-17(9-7-16)26-15-19(23)20-10-12-21(13-11-20)27(24,25)18-4-2-1-3-5-18/h1-9,14H,10-13,15H2. The van der Waals surface area contributed by atoms with Crippen LogP contribution in [0.4, 0.5) is 0 Å². The van der Waals surface area contributed by atoms with Crippen LogP contribution in [0.1, 0.15) is 10.4 Å². The van der Waals surface area contributed by atoms with E-state index >= 15 is 0 Å². The van der Waals surface area contributed by atoms with Crippen molar-refractivity contribution in [2.45, 2.75) is 4.90 Å². The van der Waals surface area contributed by atoms with E-state index in [9.17, 15) is 18.0 Å². The van der Waals surface area contributed by atoms with E-state index in [4.69, 9.17) is 4.74 Å². The van der Waals surface area contributed by atoms with Crippen LogP contribution in [0.25, 0.3) is 0 Å². The molecule has 0 atom stereocenters. The van der Waals surface area contributed by atoms with Gasteiger partial charge in [-0.05, 0) is 36.4 Å². The Morgan fingerprint density at radius 2 is 1.59 bits per heavy atom. The molecule has 1 aliphatic rings. The van der Waals surface area contributed by atoms with Gasteiger partial charge in [0.05, 0.1) is 4.90 Å². The number of ether oxygens (including phenoxy) is 1. The molecular weight excluding hydrogens is 368 g/mol. The lowest BCUT2D eigenvalue weighted by molar-refractivity contribution is -0.134. The highest BCUT2D eigenvalue weighted by Gasteiger charge is 2.30. The van der Waals surface area contributed by atoms with Crippen LogP contribution in [0.15, 0.2) is 59.5 Å². The third-order valence-corrected chi connectivity index (χ3v) is 6.26. The summed E-state index contributed by atoms with van der Waals surface area (Å²) in [5, 5.41) is 0. The summed E-state index contributed by atoms with van der Waals surface area (Å²) in [5.74, 6) is 0.297. The Bertz CT molecular complexity index is 889. The van der Waals surface area contributed by atoms with Gasteiger partial charge in [-0.3, -0.25) is 9.59 Å². The number of rotatable bonds is 6. The number of sulfonamides is 1. The molecule has 3 rings (SSSR count). The quantitative estimate of drug-likeness (QED) is 0.699. The summed E-state index contributed by atoms with van der Waals surface area (Å²) < 4.78 is 32.0. The van der Waals surface area contributed by atoms with Crippen molar-refractivity contribution >= 4 is 22.2 Å². The maximum absolute atomic E-state index is 12.6. The summed E-state index contributed by atoms with van der Waals surface area (Å²) >= 11 is 0. The van der Waals surface area contributed by atoms with Crippen LogP contribution < -0.4 is 4.74 Å². The molecule has 0 aliphatic carbocycles. The fraction of sp³-hybridized carbons (Fsp3) is 0.263. The van der Waals surface area contributed by atoms with Gasteiger partial charge in [-0.1, -0.05) is 18.2 Å². The SMILES string of the molecule is O=Cc1ccc(OCC(=O)N2CCN(S(=O)(=O)c3ccccc3)CC2)cc1. The van der Waals surface area contributed by atoms with Crippen molar-refractivity contribution in [1.82, 2.24) is 9.21 Å². The molecule has 1 aliphatic heterocycles. The Labute approximate surface area is 158 Å². The Morgan fingerprint density at radius 3 is 2.19 bits per heavy atom. The minimum absolute atomic E-state index is 0.133. The van der Waals surface area contributed by atoms with Crippen LogP contribution >= 0.6 is 0 Å². The van der Waals surface area contributed by atoms with Gasteiger partial charge in [0, 0.05) is 31.7 Å². The van der Waals surface area contributed by atoms with E-state index < -0.39 is 10.0 Å². The van der Waals surface area contributed by atoms with E-state index in [1.165, 1.54) is 4.31 Å². The van der Waals surface area contributed by atoms with Gasteiger partial charge >= 0.3 is 0 Å². The first-order valence-corrected chi connectivity index (χ1v) is 9.96. The second-order valence-corrected chi connectivity index (χ2v) is 8.01. The molecule has 0 saturated carbocycles. The Balaban J connectivity index is 1.52. The molecule has 0 bridgehead atoms. The number of piperazine rings is 1. The van der Waals surface area contributed by atoms with Crippen molar-refractivity contribution in [2.24, 2.45) is 0 Å². The second-order valence-electron chi connectivity index (χ2n) is 6.07. The Morgan fingerprint density at radius 1 is 0.963 bits per heavy atom. The van der Waals surface area contributed by atoms with Crippen LogP contribution in [-0.4, -0.2) is 62.6 Å². The lowest BCUT2D eigenvalue weighted by Gasteiger charge is -2.33. The van der Waals surface area contributed by atoms with Gasteiger partial charge in [-0.25, -0.2) is 8.42 Å². The average molecular weight is 388 g/mol. The lowest BCUT2D eigenvalue weighted by Crippen LogP contribution is -2.51. The molecule has 1 heterocycles. The molecule has 7 nitrogen and oxygen atoms in total. The van der Waals surface area contributed by atoms with Crippen LogP contribution in [0, 0.1) is 0 Å². The summed E-state index contributed by atoms with van der Waals surface area (Å²) in [6, 6.07) is 14.7. The zero-order chi connectivity index (χ0) is 19.3. The molecule has 0 unspecified atom stereocenters. The first-order valence-electron chi connectivity index (χ1n) is 8.52. The predicted octanol–water partition coefficient (Wildman–Crippen LogP) is 1.41. The van der Waals surface area contributed by atoms with Gasteiger partial charge in [0.1, 0.15) is 12.0 Å². The Hall–Kier alpha value is -2.71. The molecule has 8 heteroatoms. The normalized spacial score (nSPS) is 15.3. The molecule has 0 radical (unpaired) electrons. The van der Waals surface area contributed by atoms with E-state index in [0.717, 1.165) is 6.29 Å². The fourth-order valence-electron chi connectivity index (χ4n) is 2.80. The summed E-state index contributed by atoms with van der Waals surface area (Å²) in [4.78, 5) is 24.8. The molecule has 1 fully saturated rings. The lowest BCUT2D eigenvalue weighted by atomic mass is 10.2. The van der Waals surface area contributed by atoms with E-state index in [0.29, 0.717) is 24.4 Å². The summed E-state index contributed by atoms with van der Waals surface area (Å²) in [6.07, 6.45) is 0.734. The van der Waals surface area contributed by atoms with Gasteiger partial charge in [0.2, 0.25) is 10.0 Å². The third-order valence-electron chi connectivity index (χ3n) is 4.35. The minimum Gasteiger partial charge on any atom is -0.484 e. The highest BCUT2D eigenvalue weighted by molar-refractivity contribution is 7.89. The van der Waals surface area contributed by atoms with Crippen LogP contribution in [0.5, 0.6) is 5.75 Å². The van der Waals surface area contributed by atoms with Crippen LogP contribution in [-0.2, 0) is 14.8 Å². The third kappa shape index (κ3) is 4.53. The fourth-order valence-corrected chi connectivity index (χ4v) is 4.24. The highest BCUT2D eigenvalue weighted by atomic mass is 32.2. The largest absolute Gasteiger partial charge is 0.484 e. The number of nitrogens with zero attached hydrogens (tertiary/aromatic N) is 2. The van der Waals surface area contributed by atoms with Gasteiger partial charge in [-0.2, -0.15) is 4.31 Å². The van der Waals surface area contributed by atoms with Crippen molar-refractivity contribution in [2.75, 3.05) is 32.8 Å². The van der Waals surface area contributed by atoms with Crippen molar-refractivity contribution in [1.29, 1.82) is 0 Å². The van der Waals surface area contributed by atoms with E-state index in [1.54, 1.807) is 59.5 Å². The summed E-state index contributed by atoms with van der Waals surface area (Å²) in [7, 11) is -3.54. The number of hydrogen-bond acceptors (Lipinski definition) is 5. The van der Waals surface area contributed by atoms with Crippen molar-refractivity contribution in [3.05, 3.63) is 60.2 Å². The number of benzene rings is 2. The molecular formula is C19H20N2O5S. The minimum atomic E-state index is -3.54. The summed E-state index contributed by atoms with van der Waals surface area (Å²) in [6.45, 7) is 0.997. The predicted molar refractivity (Wildman–Crippen MR) is 99.1 cm³/mol. The molecule has 2 aromatic rings. The molecule has 2 aromatic carbocycles. The second kappa shape index (κ2) is 8.32. The topological polar surface area (TPSA) is 84.0 Å². The molecule has 0 spiro atoms. The zero-order valence-corrected chi connectivity index (χ0v) is 15.5. The summed E-state index contributed by atoms with van der Waals surface area (Å²) in [5.41, 5.74) is 0.532. The number of carbonyl (C=O) groups excluding carboxylic acids is 2. The van der Waals surface area contributed by atoms with Gasteiger partial charge in [0.15, 0.2) is 6.61 Å². The van der Waals surface area contributed by atoms with Gasteiger partial charge < -0.3 is 9.64 Å². The van der Waals surface area contributed by atoms with E-state index in [-0.39, 0.29) is 30.5 Å². The first kappa shape index (κ1) is 19.1. The van der Waals surface area contributed by atoms with Crippen molar-refractivity contribution in [3.8, 4) is 5.75 Å². The molecule has 1 amide bonds. The number of aldehydes is 1. The number of amides is 1. The molecule has 1 saturated heterocycles. The average Bonchev–Trinajstić information content (AvgIpc) is 2.73.